The summed E-state index contributed by atoms with van der Waals surface area (Å²) in [7, 11) is -1.23. The Morgan fingerprint density at radius 3 is 1.78 bits per heavy atom. The standard InChI is InChI=1S/C40H27N2O2P/c43-26-31-19-17-29(27-11-3-1-4-12-27)23-33-32(35-15-7-9-21-41-35)25-34(36-16-8-10-22-42-36)39-40(33)45(31)38-20-18-30(24-37(38)44-39)28-13-5-2-6-14-28/h1-26,43H/b19-17?,29-23?,31-26-. The molecule has 0 saturated carbocycles. The molecule has 6 aromatic rings. The molecule has 4 heterocycles. The molecule has 4 aromatic carbocycles. The number of aliphatic hydroxyl groups excluding tert-OH is 1. The smallest absolute Gasteiger partial charge is 0.149 e. The van der Waals surface area contributed by atoms with Gasteiger partial charge in [-0.3, -0.25) is 9.97 Å². The van der Waals surface area contributed by atoms with Crippen LogP contribution in [0.5, 0.6) is 0 Å². The Labute approximate surface area is 261 Å². The van der Waals surface area contributed by atoms with Crippen molar-refractivity contribution in [3.8, 4) is 50.1 Å². The molecule has 0 spiro atoms. The highest BCUT2D eigenvalue weighted by molar-refractivity contribution is 7.62. The van der Waals surface area contributed by atoms with E-state index in [0.717, 1.165) is 76.7 Å². The Hall–Kier alpha value is -5.70. The zero-order chi connectivity index (χ0) is 30.2. The number of nitrogens with zero attached hydrogens (tertiary/aromatic N) is 2. The van der Waals surface area contributed by atoms with E-state index in [4.69, 9.17) is 14.4 Å². The van der Waals surface area contributed by atoms with Crippen molar-refractivity contribution in [1.29, 1.82) is 0 Å². The maximum absolute atomic E-state index is 10.9. The van der Waals surface area contributed by atoms with E-state index < -0.39 is 7.53 Å². The van der Waals surface area contributed by atoms with Crippen molar-refractivity contribution in [2.24, 2.45) is 0 Å². The van der Waals surface area contributed by atoms with Crippen molar-refractivity contribution in [3.63, 3.8) is 0 Å². The summed E-state index contributed by atoms with van der Waals surface area (Å²) >= 11 is 0. The Balaban J connectivity index is 1.60. The third kappa shape index (κ3) is 4.82. The SMILES string of the molecule is O/C=c1/ccc(-c2ccccc2)cc2c(-c3ccccn3)cc(-c3ccccn3)c3oc4cc(-c5ccccc5)ccc4p1-c23. The predicted octanol–water partition coefficient (Wildman–Crippen LogP) is 10.6. The van der Waals surface area contributed by atoms with Crippen LogP contribution in [0.25, 0.3) is 78.0 Å². The van der Waals surface area contributed by atoms with Gasteiger partial charge in [0.2, 0.25) is 0 Å². The molecule has 45 heavy (non-hydrogen) atoms. The van der Waals surface area contributed by atoms with E-state index in [1.807, 2.05) is 91.3 Å². The Bertz CT molecular complexity index is 2360. The van der Waals surface area contributed by atoms with Gasteiger partial charge in [0.1, 0.15) is 11.2 Å². The third-order valence-electron chi connectivity index (χ3n) is 8.15. The minimum Gasteiger partial charge on any atom is -0.515 e. The number of aromatic nitrogens is 2. The summed E-state index contributed by atoms with van der Waals surface area (Å²) < 4.78 is 6.99. The molecule has 1 unspecified atom stereocenters. The Kier molecular flexibility index (Phi) is 6.83. The molecule has 5 heteroatoms. The van der Waals surface area contributed by atoms with E-state index in [-0.39, 0.29) is 0 Å². The molecular weight excluding hydrogens is 571 g/mol. The first-order valence-electron chi connectivity index (χ1n) is 14.8. The van der Waals surface area contributed by atoms with Gasteiger partial charge in [-0.1, -0.05) is 92.5 Å². The molecule has 4 nitrogen and oxygen atoms in total. The van der Waals surface area contributed by atoms with Crippen molar-refractivity contribution in [2.45, 2.75) is 0 Å². The molecule has 0 radical (unpaired) electrons. The number of rotatable bonds is 4. The topological polar surface area (TPSA) is 59.2 Å². The average molecular weight is 599 g/mol. The second-order valence-corrected chi connectivity index (χ2v) is 12.9. The molecule has 1 N–H and O–H groups in total. The molecule has 0 saturated heterocycles. The van der Waals surface area contributed by atoms with Crippen molar-refractivity contribution < 1.29 is 9.52 Å². The zero-order valence-corrected chi connectivity index (χ0v) is 25.1. The summed E-state index contributed by atoms with van der Waals surface area (Å²) in [6.45, 7) is 0. The van der Waals surface area contributed by atoms with Crippen molar-refractivity contribution in [1.82, 2.24) is 9.97 Å². The van der Waals surface area contributed by atoms with Crippen LogP contribution in [-0.4, -0.2) is 15.1 Å². The monoisotopic (exact) mass is 598 g/mol. The molecule has 2 aromatic heterocycles. The van der Waals surface area contributed by atoms with Crippen LogP contribution in [-0.2, 0) is 0 Å². The van der Waals surface area contributed by atoms with E-state index in [9.17, 15) is 5.11 Å². The van der Waals surface area contributed by atoms with Gasteiger partial charge in [-0.25, -0.2) is 0 Å². The molecule has 2 aliphatic rings. The molecule has 0 fully saturated rings. The minimum absolute atomic E-state index is 0.755. The van der Waals surface area contributed by atoms with Crippen LogP contribution >= 0.6 is 7.53 Å². The molecule has 0 bridgehead atoms. The van der Waals surface area contributed by atoms with E-state index in [2.05, 4.69) is 60.7 Å². The van der Waals surface area contributed by atoms with Gasteiger partial charge in [0.05, 0.1) is 23.0 Å². The number of hydrogen-bond acceptors (Lipinski definition) is 4. The lowest BCUT2D eigenvalue weighted by atomic mass is 9.97. The molecular formula is C40H27N2O2P. The Morgan fingerprint density at radius 1 is 0.556 bits per heavy atom. The summed E-state index contributed by atoms with van der Waals surface area (Å²) in [5.41, 5.74) is 9.36. The van der Waals surface area contributed by atoms with Crippen LogP contribution in [0, 0.1) is 0 Å². The molecule has 214 valence electrons. The van der Waals surface area contributed by atoms with E-state index >= 15 is 0 Å². The normalized spacial score (nSPS) is 12.2. The summed E-state index contributed by atoms with van der Waals surface area (Å²) in [6.07, 6.45) is 4.89. The number of fused-ring (bicyclic) bond motifs is 2. The summed E-state index contributed by atoms with van der Waals surface area (Å²) in [5, 5.41) is 14.0. The summed E-state index contributed by atoms with van der Waals surface area (Å²) in [5.74, 6) is 0. The Morgan fingerprint density at radius 2 is 1.16 bits per heavy atom. The fourth-order valence-corrected chi connectivity index (χ4v) is 8.50. The van der Waals surface area contributed by atoms with Crippen LogP contribution in [0.15, 0.2) is 156 Å². The molecule has 2 aliphatic heterocycles. The van der Waals surface area contributed by atoms with Gasteiger partial charge < -0.3 is 9.52 Å². The average Bonchev–Trinajstić information content (AvgIpc) is 3.11. The molecule has 8 rings (SSSR count). The van der Waals surface area contributed by atoms with Crippen LogP contribution in [0.3, 0.4) is 0 Å². The van der Waals surface area contributed by atoms with Gasteiger partial charge in [0.15, 0.2) is 0 Å². The number of aliphatic hydroxyl groups is 1. The van der Waals surface area contributed by atoms with E-state index in [0.29, 0.717) is 0 Å². The lowest BCUT2D eigenvalue weighted by Gasteiger charge is -2.20. The van der Waals surface area contributed by atoms with Crippen LogP contribution < -0.4 is 4.95 Å². The van der Waals surface area contributed by atoms with Gasteiger partial charge >= 0.3 is 0 Å². The maximum atomic E-state index is 10.9. The lowest BCUT2D eigenvalue weighted by Crippen LogP contribution is -2.00. The predicted molar refractivity (Wildman–Crippen MR) is 186 cm³/mol. The highest BCUT2D eigenvalue weighted by atomic mass is 31.1. The van der Waals surface area contributed by atoms with Crippen LogP contribution in [0.1, 0.15) is 0 Å². The van der Waals surface area contributed by atoms with E-state index in [1.54, 1.807) is 0 Å². The van der Waals surface area contributed by atoms with Crippen molar-refractivity contribution in [2.75, 3.05) is 0 Å². The van der Waals surface area contributed by atoms with Crippen LogP contribution in [0.2, 0.25) is 0 Å². The molecule has 0 aliphatic carbocycles. The third-order valence-corrected chi connectivity index (χ3v) is 10.7. The van der Waals surface area contributed by atoms with Crippen molar-refractivity contribution in [3.05, 3.63) is 157 Å². The van der Waals surface area contributed by atoms with Gasteiger partial charge in [-0.2, -0.15) is 0 Å². The van der Waals surface area contributed by atoms with Gasteiger partial charge in [0, 0.05) is 33.6 Å². The minimum atomic E-state index is -1.23. The number of hydrogen-bond donors (Lipinski definition) is 1. The van der Waals surface area contributed by atoms with Gasteiger partial charge in [-0.15, -0.1) is 0 Å². The fraction of sp³-hybridized carbons (Fsp3) is 0. The highest BCUT2D eigenvalue weighted by Crippen LogP contribution is 2.54. The number of benzene rings is 4. The first-order chi connectivity index (χ1) is 22.3. The first-order valence-corrected chi connectivity index (χ1v) is 16.1. The molecule has 0 amide bonds. The quantitative estimate of drug-likeness (QED) is 0.205. The molecule has 1 atom stereocenters. The second kappa shape index (κ2) is 11.4. The summed E-state index contributed by atoms with van der Waals surface area (Å²) in [4.78, 5) is 10.4. The zero-order valence-electron chi connectivity index (χ0n) is 24.2. The summed E-state index contributed by atoms with van der Waals surface area (Å²) in [6, 6.07) is 47.5. The van der Waals surface area contributed by atoms with Gasteiger partial charge in [0.25, 0.3) is 0 Å². The van der Waals surface area contributed by atoms with Crippen LogP contribution in [0.4, 0.5) is 0 Å². The highest BCUT2D eigenvalue weighted by Gasteiger charge is 2.24. The van der Waals surface area contributed by atoms with Crippen molar-refractivity contribution >= 4 is 35.5 Å². The van der Waals surface area contributed by atoms with Gasteiger partial charge in [-0.05, 0) is 82.2 Å². The second-order valence-electron chi connectivity index (χ2n) is 10.8. The maximum Gasteiger partial charge on any atom is 0.149 e. The fourth-order valence-electron chi connectivity index (χ4n) is 6.04. The van der Waals surface area contributed by atoms with E-state index in [1.165, 1.54) is 6.26 Å². The number of pyridine rings is 2. The lowest BCUT2D eigenvalue weighted by molar-refractivity contribution is 0.541. The largest absolute Gasteiger partial charge is 0.515 e. The first kappa shape index (κ1) is 26.9.